The second kappa shape index (κ2) is 6.04. The Morgan fingerprint density at radius 2 is 2.11 bits per heavy atom. The largest absolute Gasteiger partial charge is 0.341 e. The van der Waals surface area contributed by atoms with Crippen molar-refractivity contribution in [3.8, 4) is 0 Å². The predicted molar refractivity (Wildman–Crippen MR) is 78.9 cm³/mol. The first-order chi connectivity index (χ1) is 8.26. The molecule has 0 spiro atoms. The molecule has 0 saturated heterocycles. The molecule has 1 amide bonds. The summed E-state index contributed by atoms with van der Waals surface area (Å²) < 4.78 is 0.724. The Morgan fingerprint density at radius 1 is 1.50 bits per heavy atom. The van der Waals surface area contributed by atoms with Crippen molar-refractivity contribution in [1.29, 1.82) is 0 Å². The fourth-order valence-electron chi connectivity index (χ4n) is 1.63. The number of hydrogen-bond acceptors (Lipinski definition) is 2. The predicted octanol–water partition coefficient (Wildman–Crippen LogP) is 3.16. The van der Waals surface area contributed by atoms with Crippen LogP contribution in [0, 0.1) is 5.41 Å². The molecule has 1 aromatic rings. The van der Waals surface area contributed by atoms with Gasteiger partial charge >= 0.3 is 0 Å². The molecule has 18 heavy (non-hydrogen) atoms. The molecule has 0 atom stereocenters. The number of halogens is 2. The number of carbonyl (C=O) groups is 1. The van der Waals surface area contributed by atoms with Crippen LogP contribution in [0.25, 0.3) is 0 Å². The monoisotopic (exact) mass is 332 g/mol. The average molecular weight is 334 g/mol. The van der Waals surface area contributed by atoms with Crippen molar-refractivity contribution >= 4 is 33.4 Å². The zero-order chi connectivity index (χ0) is 13.9. The zero-order valence-electron chi connectivity index (χ0n) is 10.8. The molecule has 0 heterocycles. The van der Waals surface area contributed by atoms with E-state index >= 15 is 0 Å². The number of benzene rings is 1. The Morgan fingerprint density at radius 3 is 2.61 bits per heavy atom. The first-order valence-corrected chi connectivity index (χ1v) is 6.84. The fraction of sp³-hybridized carbons (Fsp3) is 0.462. The van der Waals surface area contributed by atoms with Crippen LogP contribution in [0.15, 0.2) is 22.7 Å². The van der Waals surface area contributed by atoms with Crippen LogP contribution in [0.5, 0.6) is 0 Å². The van der Waals surface area contributed by atoms with Crippen molar-refractivity contribution in [1.82, 2.24) is 4.90 Å². The highest BCUT2D eigenvalue weighted by atomic mass is 79.9. The minimum atomic E-state index is -0.0892. The minimum absolute atomic E-state index is 0.0334. The van der Waals surface area contributed by atoms with Crippen LogP contribution in [0.3, 0.4) is 0 Å². The molecule has 0 aliphatic carbocycles. The van der Waals surface area contributed by atoms with E-state index in [-0.39, 0.29) is 11.3 Å². The van der Waals surface area contributed by atoms with Gasteiger partial charge in [-0.05, 0) is 46.1 Å². The molecule has 1 aromatic carbocycles. The Kier molecular flexibility index (Phi) is 5.20. The number of hydrogen-bond donors (Lipinski definition) is 1. The smallest absolute Gasteiger partial charge is 0.253 e. The van der Waals surface area contributed by atoms with Gasteiger partial charge in [-0.25, -0.2) is 0 Å². The topological polar surface area (TPSA) is 46.3 Å². The molecule has 0 radical (unpaired) electrons. The van der Waals surface area contributed by atoms with Crippen molar-refractivity contribution < 1.29 is 4.79 Å². The van der Waals surface area contributed by atoms with Crippen LogP contribution in [0.2, 0.25) is 5.02 Å². The van der Waals surface area contributed by atoms with E-state index in [0.29, 0.717) is 23.7 Å². The Labute approximate surface area is 121 Å². The van der Waals surface area contributed by atoms with E-state index in [1.54, 1.807) is 30.1 Å². The van der Waals surface area contributed by atoms with Gasteiger partial charge in [-0.15, -0.1) is 0 Å². The lowest BCUT2D eigenvalue weighted by Gasteiger charge is -2.29. The van der Waals surface area contributed by atoms with E-state index in [4.69, 9.17) is 17.3 Å². The summed E-state index contributed by atoms with van der Waals surface area (Å²) in [5, 5.41) is 0.594. The summed E-state index contributed by atoms with van der Waals surface area (Å²) in [6.07, 6.45) is 0. The number of carbonyl (C=O) groups excluding carboxylic acids is 1. The standard InChI is InChI=1S/C13H18BrClN2O/c1-13(2,7-16)8-17(3)12(18)9-4-5-11(15)10(14)6-9/h4-6H,7-8,16H2,1-3H3. The molecule has 1 rings (SSSR count). The molecule has 0 aliphatic heterocycles. The lowest BCUT2D eigenvalue weighted by Crippen LogP contribution is -2.39. The number of nitrogens with zero attached hydrogens (tertiary/aromatic N) is 1. The molecule has 2 N–H and O–H groups in total. The molecule has 3 nitrogen and oxygen atoms in total. The van der Waals surface area contributed by atoms with E-state index in [9.17, 15) is 4.79 Å². The van der Waals surface area contributed by atoms with Crippen molar-refractivity contribution in [2.24, 2.45) is 11.1 Å². The Balaban J connectivity index is 2.83. The van der Waals surface area contributed by atoms with Gasteiger partial charge < -0.3 is 10.6 Å². The lowest BCUT2D eigenvalue weighted by atomic mass is 9.93. The van der Waals surface area contributed by atoms with Crippen LogP contribution in [-0.4, -0.2) is 30.9 Å². The normalized spacial score (nSPS) is 11.4. The Bertz CT molecular complexity index is 449. The first kappa shape index (κ1) is 15.5. The molecule has 0 aliphatic rings. The van der Waals surface area contributed by atoms with Crippen LogP contribution in [0.4, 0.5) is 0 Å². The van der Waals surface area contributed by atoms with Crippen molar-refractivity contribution in [2.45, 2.75) is 13.8 Å². The molecule has 0 bridgehead atoms. The molecular weight excluding hydrogens is 316 g/mol. The van der Waals surface area contributed by atoms with Gasteiger partial charge in [0, 0.05) is 23.6 Å². The third kappa shape index (κ3) is 3.97. The van der Waals surface area contributed by atoms with E-state index in [1.807, 2.05) is 13.8 Å². The molecular formula is C13H18BrClN2O. The van der Waals surface area contributed by atoms with Gasteiger partial charge in [0.2, 0.25) is 0 Å². The molecule has 0 saturated carbocycles. The first-order valence-electron chi connectivity index (χ1n) is 5.67. The maximum absolute atomic E-state index is 12.2. The SMILES string of the molecule is CN(CC(C)(C)CN)C(=O)c1ccc(Cl)c(Br)c1. The summed E-state index contributed by atoms with van der Waals surface area (Å²) in [4.78, 5) is 13.9. The summed E-state index contributed by atoms with van der Waals surface area (Å²) in [6, 6.07) is 5.17. The quantitative estimate of drug-likeness (QED) is 0.920. The van der Waals surface area contributed by atoms with Gasteiger partial charge in [-0.1, -0.05) is 25.4 Å². The summed E-state index contributed by atoms with van der Waals surface area (Å²) in [5.74, 6) is -0.0334. The molecule has 0 unspecified atom stereocenters. The minimum Gasteiger partial charge on any atom is -0.341 e. The summed E-state index contributed by atoms with van der Waals surface area (Å²) >= 11 is 9.22. The van der Waals surface area contributed by atoms with Crippen LogP contribution < -0.4 is 5.73 Å². The van der Waals surface area contributed by atoms with Crippen LogP contribution in [0.1, 0.15) is 24.2 Å². The highest BCUT2D eigenvalue weighted by Crippen LogP contribution is 2.24. The summed E-state index contributed by atoms with van der Waals surface area (Å²) in [7, 11) is 1.78. The fourth-order valence-corrected chi connectivity index (χ4v) is 2.12. The lowest BCUT2D eigenvalue weighted by molar-refractivity contribution is 0.0740. The Hall–Kier alpha value is -0.580. The van der Waals surface area contributed by atoms with Crippen molar-refractivity contribution in [3.05, 3.63) is 33.3 Å². The summed E-state index contributed by atoms with van der Waals surface area (Å²) in [6.45, 7) is 5.22. The second-order valence-corrected chi connectivity index (χ2v) is 6.42. The van der Waals surface area contributed by atoms with Crippen molar-refractivity contribution in [3.63, 3.8) is 0 Å². The van der Waals surface area contributed by atoms with E-state index in [2.05, 4.69) is 15.9 Å². The number of amides is 1. The number of rotatable bonds is 4. The van der Waals surface area contributed by atoms with E-state index < -0.39 is 0 Å². The van der Waals surface area contributed by atoms with Gasteiger partial charge in [-0.2, -0.15) is 0 Å². The maximum Gasteiger partial charge on any atom is 0.253 e. The van der Waals surface area contributed by atoms with Gasteiger partial charge in [0.25, 0.3) is 5.91 Å². The third-order valence-electron chi connectivity index (χ3n) is 2.73. The number of nitrogens with two attached hydrogens (primary N) is 1. The molecule has 5 heteroatoms. The van der Waals surface area contributed by atoms with Crippen molar-refractivity contribution in [2.75, 3.05) is 20.1 Å². The van der Waals surface area contributed by atoms with Crippen LogP contribution >= 0.6 is 27.5 Å². The highest BCUT2D eigenvalue weighted by molar-refractivity contribution is 9.10. The van der Waals surface area contributed by atoms with Gasteiger partial charge in [0.1, 0.15) is 0 Å². The maximum atomic E-state index is 12.2. The highest BCUT2D eigenvalue weighted by Gasteiger charge is 2.22. The zero-order valence-corrected chi connectivity index (χ0v) is 13.2. The van der Waals surface area contributed by atoms with E-state index in [1.165, 1.54) is 0 Å². The third-order valence-corrected chi connectivity index (χ3v) is 3.94. The van der Waals surface area contributed by atoms with E-state index in [0.717, 1.165) is 4.47 Å². The second-order valence-electron chi connectivity index (χ2n) is 5.16. The van der Waals surface area contributed by atoms with Gasteiger partial charge in [0.15, 0.2) is 0 Å². The molecule has 100 valence electrons. The molecule has 0 aromatic heterocycles. The van der Waals surface area contributed by atoms with Gasteiger partial charge in [-0.3, -0.25) is 4.79 Å². The average Bonchev–Trinajstić information content (AvgIpc) is 2.31. The summed E-state index contributed by atoms with van der Waals surface area (Å²) in [5.41, 5.74) is 6.20. The van der Waals surface area contributed by atoms with Gasteiger partial charge in [0.05, 0.1) is 5.02 Å². The molecule has 0 fully saturated rings. The van der Waals surface area contributed by atoms with Crippen LogP contribution in [-0.2, 0) is 0 Å².